The largest absolute Gasteiger partial charge is 0.457 e. The molecule has 0 radical (unpaired) electrons. The lowest BCUT2D eigenvalue weighted by Gasteiger charge is -2.46. The number of rotatable bonds is 5. The van der Waals surface area contributed by atoms with Crippen LogP contribution in [0.5, 0.6) is 11.5 Å². The fourth-order valence-electron chi connectivity index (χ4n) is 14.5. The standard InChI is InChI=1S/C75H50BN3O/c1-47-37-40-62-68(41-47)78(64-32-16-10-25-52(64)49-21-5-3-6-22-49)70-42-48(2)43-71-74(70)76(62)63-46-73-61(45-69(63)79(71)65-33-17-11-26-53(65)50-23-7-4-8-24-50)75(59-31-15-20-36-72(59)80-73)58-30-14-9-27-54(58)55-39-38-51(44-60(55)75)77-66-34-18-12-28-56(66)57-29-13-19-35-67(57)77/h3-46H,1-2H3/t75-/m1/s1. The van der Waals surface area contributed by atoms with Crippen molar-refractivity contribution in [2.75, 3.05) is 9.80 Å². The van der Waals surface area contributed by atoms with Crippen molar-refractivity contribution in [2.24, 2.45) is 0 Å². The van der Waals surface area contributed by atoms with E-state index in [0.29, 0.717) is 0 Å². The maximum absolute atomic E-state index is 7.49. The number of aryl methyl sites for hydroxylation is 2. The molecular weight excluding hydrogens is 970 g/mol. The van der Waals surface area contributed by atoms with Gasteiger partial charge >= 0.3 is 0 Å². The van der Waals surface area contributed by atoms with E-state index in [1.165, 1.54) is 99.8 Å². The molecule has 17 rings (SSSR count). The Morgan fingerprint density at radius 1 is 0.338 bits per heavy atom. The number of aromatic nitrogens is 1. The van der Waals surface area contributed by atoms with E-state index in [0.717, 1.165) is 56.5 Å². The van der Waals surface area contributed by atoms with Crippen LogP contribution >= 0.6 is 0 Å². The summed E-state index contributed by atoms with van der Waals surface area (Å²) in [6.45, 7) is 4.35. The molecule has 5 heteroatoms. The molecule has 374 valence electrons. The SMILES string of the molecule is Cc1ccc2c(c1)N(c1ccccc1-c1ccccc1)c1cc(C)cc3c1B2c1cc2c(cc1N3c1ccccc1-c1ccccc1)[C@@]1(c3ccccc3O2)c2ccccc2-c2ccc(-n3c4ccccc4c4ccccc43)cc21. The van der Waals surface area contributed by atoms with Gasteiger partial charge in [-0.05, 0) is 148 Å². The first-order valence-electron chi connectivity index (χ1n) is 27.9. The maximum Gasteiger partial charge on any atom is 0.252 e. The molecule has 12 aromatic carbocycles. The summed E-state index contributed by atoms with van der Waals surface area (Å²) >= 11 is 0. The van der Waals surface area contributed by atoms with Crippen molar-refractivity contribution in [2.45, 2.75) is 19.3 Å². The minimum absolute atomic E-state index is 0.140. The van der Waals surface area contributed by atoms with Gasteiger partial charge in [0, 0.05) is 61.5 Å². The number of para-hydroxylation sites is 5. The minimum atomic E-state index is -0.762. The molecule has 1 spiro atoms. The van der Waals surface area contributed by atoms with Crippen LogP contribution in [-0.2, 0) is 5.41 Å². The van der Waals surface area contributed by atoms with E-state index in [1.54, 1.807) is 0 Å². The predicted molar refractivity (Wildman–Crippen MR) is 333 cm³/mol. The van der Waals surface area contributed by atoms with E-state index < -0.39 is 5.41 Å². The summed E-state index contributed by atoms with van der Waals surface area (Å²) in [5.41, 5.74) is 27.7. The molecule has 0 unspecified atom stereocenters. The second kappa shape index (κ2) is 17.0. The molecule has 1 aromatic heterocycles. The van der Waals surface area contributed by atoms with E-state index in [4.69, 9.17) is 4.74 Å². The number of ether oxygens (including phenoxy) is 1. The molecule has 4 aliphatic rings. The van der Waals surface area contributed by atoms with E-state index in [-0.39, 0.29) is 6.71 Å². The zero-order valence-electron chi connectivity index (χ0n) is 44.2. The zero-order valence-corrected chi connectivity index (χ0v) is 44.2. The summed E-state index contributed by atoms with van der Waals surface area (Å²) < 4.78 is 9.95. The van der Waals surface area contributed by atoms with Crippen molar-refractivity contribution in [3.63, 3.8) is 0 Å². The second-order valence-corrected chi connectivity index (χ2v) is 22.0. The molecule has 0 amide bonds. The minimum Gasteiger partial charge on any atom is -0.457 e. The lowest BCUT2D eigenvalue weighted by atomic mass is 9.33. The van der Waals surface area contributed by atoms with Gasteiger partial charge in [0.05, 0.1) is 27.8 Å². The van der Waals surface area contributed by atoms with Gasteiger partial charge in [0.2, 0.25) is 0 Å². The van der Waals surface area contributed by atoms with Gasteiger partial charge in [0.25, 0.3) is 6.71 Å². The normalized spacial score (nSPS) is 14.9. The fraction of sp³-hybridized carbons (Fsp3) is 0.0400. The van der Waals surface area contributed by atoms with E-state index in [2.05, 4.69) is 295 Å². The summed E-state index contributed by atoms with van der Waals surface area (Å²) in [5, 5.41) is 2.49. The van der Waals surface area contributed by atoms with Gasteiger partial charge in [-0.2, -0.15) is 0 Å². The Balaban J connectivity index is 0.986. The van der Waals surface area contributed by atoms with Crippen LogP contribution in [0.15, 0.2) is 267 Å². The third-order valence-corrected chi connectivity index (χ3v) is 17.7. The van der Waals surface area contributed by atoms with Crippen molar-refractivity contribution >= 4 is 79.0 Å². The maximum atomic E-state index is 7.49. The summed E-state index contributed by atoms with van der Waals surface area (Å²) in [7, 11) is 0. The van der Waals surface area contributed by atoms with Crippen molar-refractivity contribution in [1.82, 2.24) is 4.57 Å². The third kappa shape index (κ3) is 6.17. The van der Waals surface area contributed by atoms with Crippen molar-refractivity contribution < 1.29 is 4.74 Å². The van der Waals surface area contributed by atoms with Crippen molar-refractivity contribution in [3.05, 3.63) is 300 Å². The Morgan fingerprint density at radius 3 is 1.52 bits per heavy atom. The van der Waals surface area contributed by atoms with E-state index in [9.17, 15) is 0 Å². The van der Waals surface area contributed by atoms with Crippen LogP contribution in [0.2, 0.25) is 0 Å². The Kier molecular flexibility index (Phi) is 9.53. The molecule has 0 saturated carbocycles. The van der Waals surface area contributed by atoms with Gasteiger partial charge in [-0.3, -0.25) is 0 Å². The number of benzene rings is 12. The molecule has 80 heavy (non-hydrogen) atoms. The van der Waals surface area contributed by atoms with Crippen LogP contribution in [-0.4, -0.2) is 11.3 Å². The summed E-state index contributed by atoms with van der Waals surface area (Å²) in [5.74, 6) is 1.73. The van der Waals surface area contributed by atoms with Gasteiger partial charge in [-0.1, -0.05) is 194 Å². The summed E-state index contributed by atoms with van der Waals surface area (Å²) in [6.07, 6.45) is 0. The predicted octanol–water partition coefficient (Wildman–Crippen LogP) is 17.3. The molecule has 4 nitrogen and oxygen atoms in total. The summed E-state index contributed by atoms with van der Waals surface area (Å²) in [6, 6.07) is 99.4. The number of anilines is 6. The smallest absolute Gasteiger partial charge is 0.252 e. The highest BCUT2D eigenvalue weighted by molar-refractivity contribution is 7.00. The zero-order chi connectivity index (χ0) is 52.8. The first kappa shape index (κ1) is 45.0. The van der Waals surface area contributed by atoms with Crippen LogP contribution in [0.1, 0.15) is 33.4 Å². The Labute approximate surface area is 465 Å². The molecule has 1 atom stereocenters. The molecule has 13 aromatic rings. The van der Waals surface area contributed by atoms with E-state index >= 15 is 0 Å². The number of hydrogen-bond acceptors (Lipinski definition) is 3. The number of hydrogen-bond donors (Lipinski definition) is 0. The fourth-order valence-corrected chi connectivity index (χ4v) is 14.5. The molecule has 0 fully saturated rings. The topological polar surface area (TPSA) is 20.6 Å². The van der Waals surface area contributed by atoms with Gasteiger partial charge in [-0.15, -0.1) is 0 Å². The Morgan fingerprint density at radius 2 is 0.863 bits per heavy atom. The van der Waals surface area contributed by atoms with Crippen LogP contribution in [0.25, 0.3) is 60.9 Å². The van der Waals surface area contributed by atoms with Crippen molar-refractivity contribution in [1.29, 1.82) is 0 Å². The lowest BCUT2D eigenvalue weighted by molar-refractivity contribution is 0.437. The average Bonchev–Trinajstić information content (AvgIpc) is 2.74. The first-order valence-corrected chi connectivity index (χ1v) is 27.9. The monoisotopic (exact) mass is 1020 g/mol. The summed E-state index contributed by atoms with van der Waals surface area (Å²) in [4.78, 5) is 5.16. The van der Waals surface area contributed by atoms with Gasteiger partial charge < -0.3 is 19.1 Å². The van der Waals surface area contributed by atoms with Crippen LogP contribution in [0, 0.1) is 13.8 Å². The highest BCUT2D eigenvalue weighted by Gasteiger charge is 2.53. The van der Waals surface area contributed by atoms with Crippen LogP contribution in [0.3, 0.4) is 0 Å². The highest BCUT2D eigenvalue weighted by Crippen LogP contribution is 2.63. The molecule has 0 bridgehead atoms. The van der Waals surface area contributed by atoms with Crippen LogP contribution in [0.4, 0.5) is 34.1 Å². The molecule has 3 aliphatic heterocycles. The van der Waals surface area contributed by atoms with Gasteiger partial charge in [0.15, 0.2) is 0 Å². The molecule has 0 N–H and O–H groups in total. The molecule has 1 aliphatic carbocycles. The molecular formula is C75H50BN3O. The highest BCUT2D eigenvalue weighted by atomic mass is 16.5. The van der Waals surface area contributed by atoms with E-state index in [1.807, 2.05) is 0 Å². The Bertz CT molecular complexity index is 4700. The quantitative estimate of drug-likeness (QED) is 0.160. The Hall–Kier alpha value is -10.1. The lowest BCUT2D eigenvalue weighted by Crippen LogP contribution is -2.61. The number of nitrogens with zero attached hydrogens (tertiary/aromatic N) is 3. The van der Waals surface area contributed by atoms with Gasteiger partial charge in [-0.25, -0.2) is 0 Å². The molecule has 0 saturated heterocycles. The number of fused-ring (bicyclic) bond motifs is 16. The second-order valence-electron chi connectivity index (χ2n) is 22.0. The molecule has 4 heterocycles. The third-order valence-electron chi connectivity index (χ3n) is 17.7. The van der Waals surface area contributed by atoms with Crippen LogP contribution < -0.4 is 30.9 Å². The first-order chi connectivity index (χ1) is 39.5. The van der Waals surface area contributed by atoms with Crippen molar-refractivity contribution in [3.8, 4) is 50.6 Å². The average molecular weight is 1020 g/mol. The van der Waals surface area contributed by atoms with Gasteiger partial charge in [0.1, 0.15) is 11.5 Å².